The van der Waals surface area contributed by atoms with Gasteiger partial charge in [-0.2, -0.15) is 8.42 Å². The monoisotopic (exact) mass is 351 g/mol. The van der Waals surface area contributed by atoms with E-state index in [1.807, 2.05) is 12.2 Å². The van der Waals surface area contributed by atoms with Crippen LogP contribution in [0.3, 0.4) is 0 Å². The van der Waals surface area contributed by atoms with Gasteiger partial charge in [0.15, 0.2) is 0 Å². The van der Waals surface area contributed by atoms with E-state index in [0.29, 0.717) is 13.0 Å². The number of nitrogens with one attached hydrogen (secondary N) is 1. The lowest BCUT2D eigenvalue weighted by Gasteiger charge is -2.33. The second-order valence-electron chi connectivity index (χ2n) is 7.24. The third-order valence-electron chi connectivity index (χ3n) is 4.21. The summed E-state index contributed by atoms with van der Waals surface area (Å²) in [4.78, 5) is 0. The van der Waals surface area contributed by atoms with E-state index in [9.17, 15) is 8.42 Å². The molecule has 0 heterocycles. The van der Waals surface area contributed by atoms with Gasteiger partial charge in [0.05, 0.1) is 5.75 Å². The van der Waals surface area contributed by atoms with Crippen LogP contribution in [0.4, 0.5) is 0 Å². The third kappa shape index (κ3) is 5.80. The van der Waals surface area contributed by atoms with E-state index in [-0.39, 0.29) is 16.6 Å². The summed E-state index contributed by atoms with van der Waals surface area (Å²) >= 11 is 0. The second-order valence-corrected chi connectivity index (χ2v) is 8.81. The highest BCUT2D eigenvalue weighted by Crippen LogP contribution is 2.41. The van der Waals surface area contributed by atoms with Crippen molar-refractivity contribution < 1.29 is 13.0 Å². The van der Waals surface area contributed by atoms with Crippen molar-refractivity contribution in [1.82, 2.24) is 5.32 Å². The van der Waals surface area contributed by atoms with Crippen LogP contribution in [0.5, 0.6) is 0 Å². The van der Waals surface area contributed by atoms with Gasteiger partial charge in [-0.05, 0) is 23.6 Å². The summed E-state index contributed by atoms with van der Waals surface area (Å²) in [6.07, 6.45) is 10.4. The van der Waals surface area contributed by atoms with Crippen molar-refractivity contribution in [3.63, 3.8) is 0 Å². The summed E-state index contributed by atoms with van der Waals surface area (Å²) in [5.74, 6) is -0.254. The van der Waals surface area contributed by atoms with E-state index in [2.05, 4.69) is 58.3 Å². The van der Waals surface area contributed by atoms with Crippen molar-refractivity contribution in [3.05, 3.63) is 60.4 Å². The topological polar surface area (TPSA) is 66.4 Å². The molecule has 5 heteroatoms. The van der Waals surface area contributed by atoms with Gasteiger partial charge in [-0.15, -0.1) is 0 Å². The molecule has 0 saturated carbocycles. The molecule has 2 N–H and O–H groups in total. The number of allylic oxidation sites excluding steroid dienone is 7. The fourth-order valence-electron chi connectivity index (χ4n) is 2.56. The summed E-state index contributed by atoms with van der Waals surface area (Å²) in [6, 6.07) is 0. The highest BCUT2D eigenvalue weighted by molar-refractivity contribution is 7.85. The summed E-state index contributed by atoms with van der Waals surface area (Å²) in [5, 5.41) is 3.30. The van der Waals surface area contributed by atoms with Crippen molar-refractivity contribution >= 4 is 10.1 Å². The quantitative estimate of drug-likeness (QED) is 0.394. The molecule has 134 valence electrons. The zero-order valence-electron chi connectivity index (χ0n) is 15.1. The van der Waals surface area contributed by atoms with Gasteiger partial charge >= 0.3 is 0 Å². The van der Waals surface area contributed by atoms with Crippen molar-refractivity contribution in [2.75, 3.05) is 12.3 Å². The van der Waals surface area contributed by atoms with E-state index < -0.39 is 10.1 Å². The summed E-state index contributed by atoms with van der Waals surface area (Å²) < 4.78 is 30.5. The number of rotatable bonds is 8. The minimum absolute atomic E-state index is 0.109. The molecule has 0 unspecified atom stereocenters. The predicted molar refractivity (Wildman–Crippen MR) is 101 cm³/mol. The van der Waals surface area contributed by atoms with Gasteiger partial charge in [0, 0.05) is 23.1 Å². The molecule has 1 aliphatic rings. The second kappa shape index (κ2) is 7.53. The van der Waals surface area contributed by atoms with Crippen LogP contribution in [0, 0.1) is 10.8 Å². The maximum absolute atomic E-state index is 10.8. The fraction of sp³-hybridized carbons (Fsp3) is 0.474. The van der Waals surface area contributed by atoms with E-state index >= 15 is 0 Å². The molecule has 0 aromatic heterocycles. The minimum atomic E-state index is -3.93. The van der Waals surface area contributed by atoms with Gasteiger partial charge in [0.2, 0.25) is 0 Å². The van der Waals surface area contributed by atoms with Crippen LogP contribution in [-0.4, -0.2) is 25.3 Å². The first-order valence-corrected chi connectivity index (χ1v) is 9.64. The van der Waals surface area contributed by atoms with E-state index in [0.717, 1.165) is 16.8 Å². The van der Waals surface area contributed by atoms with Crippen LogP contribution >= 0.6 is 0 Å². The number of hydrogen-bond donors (Lipinski definition) is 2. The van der Waals surface area contributed by atoms with E-state index in [1.165, 1.54) is 0 Å². The first kappa shape index (κ1) is 20.5. The molecule has 1 aliphatic carbocycles. The Morgan fingerprint density at radius 1 is 1.42 bits per heavy atom. The molecule has 1 rings (SSSR count). The molecule has 0 radical (unpaired) electrons. The highest BCUT2D eigenvalue weighted by Gasteiger charge is 2.30. The van der Waals surface area contributed by atoms with Crippen LogP contribution in [0.25, 0.3) is 0 Å². The van der Waals surface area contributed by atoms with Crippen LogP contribution < -0.4 is 5.32 Å². The molecule has 0 aromatic rings. The lowest BCUT2D eigenvalue weighted by atomic mass is 9.74. The van der Waals surface area contributed by atoms with Gasteiger partial charge in [-0.25, -0.2) is 0 Å². The average molecular weight is 352 g/mol. The van der Waals surface area contributed by atoms with Gasteiger partial charge in [-0.3, -0.25) is 4.55 Å². The molecule has 0 aromatic carbocycles. The zero-order valence-corrected chi connectivity index (χ0v) is 15.9. The highest BCUT2D eigenvalue weighted by atomic mass is 32.2. The third-order valence-corrected chi connectivity index (χ3v) is 5.02. The Morgan fingerprint density at radius 3 is 2.58 bits per heavy atom. The molecule has 0 aliphatic heterocycles. The Bertz CT molecular complexity index is 692. The molecular weight excluding hydrogens is 322 g/mol. The Balaban J connectivity index is 3.06. The van der Waals surface area contributed by atoms with Gasteiger partial charge in [0.25, 0.3) is 10.1 Å². The van der Waals surface area contributed by atoms with Crippen molar-refractivity contribution in [3.8, 4) is 0 Å². The average Bonchev–Trinajstić information content (AvgIpc) is 2.60. The van der Waals surface area contributed by atoms with Gasteiger partial charge < -0.3 is 5.32 Å². The molecule has 0 spiro atoms. The first-order chi connectivity index (χ1) is 10.9. The Hall–Kier alpha value is -1.59. The SMILES string of the molecule is C=CC(=C)C(C)(C)C1=CC(C)(C)C=CC=C1NCCCS(=O)(=O)O. The van der Waals surface area contributed by atoms with Crippen molar-refractivity contribution in [1.29, 1.82) is 0 Å². The summed E-state index contributed by atoms with van der Waals surface area (Å²) in [6.45, 7) is 16.9. The predicted octanol–water partition coefficient (Wildman–Crippen LogP) is 4.03. The lowest BCUT2D eigenvalue weighted by Crippen LogP contribution is -2.27. The maximum Gasteiger partial charge on any atom is 0.264 e. The zero-order chi connectivity index (χ0) is 18.6. The normalized spacial score (nSPS) is 17.5. The summed E-state index contributed by atoms with van der Waals surface area (Å²) in [7, 11) is -3.93. The Labute approximate surface area is 146 Å². The first-order valence-electron chi connectivity index (χ1n) is 8.03. The van der Waals surface area contributed by atoms with Crippen LogP contribution in [0.15, 0.2) is 60.4 Å². The Morgan fingerprint density at radius 2 is 2.04 bits per heavy atom. The van der Waals surface area contributed by atoms with E-state index in [4.69, 9.17) is 4.55 Å². The fourth-order valence-corrected chi connectivity index (χ4v) is 3.07. The van der Waals surface area contributed by atoms with Crippen molar-refractivity contribution in [2.24, 2.45) is 10.8 Å². The molecule has 0 atom stereocenters. The van der Waals surface area contributed by atoms with Gasteiger partial charge in [0.1, 0.15) is 0 Å². The lowest BCUT2D eigenvalue weighted by molar-refractivity contribution is 0.480. The summed E-state index contributed by atoms with van der Waals surface area (Å²) in [5.41, 5.74) is 2.52. The largest absolute Gasteiger partial charge is 0.385 e. The molecule has 0 bridgehead atoms. The van der Waals surface area contributed by atoms with Crippen LogP contribution in [-0.2, 0) is 10.1 Å². The molecule has 24 heavy (non-hydrogen) atoms. The molecule has 0 saturated heterocycles. The van der Waals surface area contributed by atoms with Crippen LogP contribution in [0.1, 0.15) is 34.1 Å². The maximum atomic E-state index is 10.8. The molecule has 0 amide bonds. The van der Waals surface area contributed by atoms with Gasteiger partial charge in [-0.1, -0.05) is 65.2 Å². The standard InChI is InChI=1S/C19H29NO3S/c1-7-15(2)19(5,6)16-14-18(3,4)11-8-10-17(16)20-12-9-13-24(21,22)23/h7-8,10-11,14,20H,1-2,9,12-13H2,3-6H3,(H,21,22,23). The van der Waals surface area contributed by atoms with Crippen molar-refractivity contribution in [2.45, 2.75) is 34.1 Å². The molecule has 4 nitrogen and oxygen atoms in total. The molecular formula is C19H29NO3S. The smallest absolute Gasteiger partial charge is 0.264 e. The van der Waals surface area contributed by atoms with Crippen LogP contribution in [0.2, 0.25) is 0 Å². The Kier molecular flexibility index (Phi) is 6.42. The minimum Gasteiger partial charge on any atom is -0.385 e. The van der Waals surface area contributed by atoms with E-state index in [1.54, 1.807) is 6.08 Å². The number of hydrogen-bond acceptors (Lipinski definition) is 3. The molecule has 0 fully saturated rings.